The molecule has 0 aromatic heterocycles. The number of phenols is 1. The molecule has 0 aliphatic carbocycles. The van der Waals surface area contributed by atoms with Crippen LogP contribution in [0.25, 0.3) is 0 Å². The molecule has 2 rings (SSSR count). The van der Waals surface area contributed by atoms with Gasteiger partial charge in [-0.1, -0.05) is 24.3 Å². The number of ether oxygens (including phenoxy) is 1. The molecule has 2 aromatic carbocycles. The van der Waals surface area contributed by atoms with Gasteiger partial charge in [0, 0.05) is 0 Å². The number of carboxylic acids is 1. The maximum atomic E-state index is 10.4. The molecule has 0 saturated heterocycles. The van der Waals surface area contributed by atoms with Gasteiger partial charge in [-0.3, -0.25) is 0 Å². The van der Waals surface area contributed by atoms with Gasteiger partial charge in [-0.2, -0.15) is 0 Å². The van der Waals surface area contributed by atoms with Crippen LogP contribution in [-0.4, -0.2) is 22.8 Å². The summed E-state index contributed by atoms with van der Waals surface area (Å²) in [6.45, 7) is -0.336. The molecule has 0 aliphatic rings. The number of carboxylic acid groups (broad SMARTS) is 1. The van der Waals surface area contributed by atoms with Gasteiger partial charge in [-0.15, -0.1) is 0 Å². The highest BCUT2D eigenvalue weighted by Crippen LogP contribution is 2.17. The fourth-order valence-corrected chi connectivity index (χ4v) is 1.70. The Labute approximate surface area is 110 Å². The van der Waals surface area contributed by atoms with Gasteiger partial charge in [-0.25, -0.2) is 4.79 Å². The van der Waals surface area contributed by atoms with Gasteiger partial charge in [0.15, 0.2) is 6.61 Å². The van der Waals surface area contributed by atoms with Gasteiger partial charge < -0.3 is 14.9 Å². The largest absolute Gasteiger partial charge is 0.508 e. The SMILES string of the molecule is O=C(O)COc1ccc(Cc2ccc(O)cc2)cc1. The Balaban J connectivity index is 1.98. The summed E-state index contributed by atoms with van der Waals surface area (Å²) >= 11 is 0. The Morgan fingerprint density at radius 3 is 2.00 bits per heavy atom. The Bertz CT molecular complexity index is 543. The van der Waals surface area contributed by atoms with Crippen LogP contribution in [-0.2, 0) is 11.2 Å². The minimum atomic E-state index is -0.992. The second-order valence-electron chi connectivity index (χ2n) is 4.17. The normalized spacial score (nSPS) is 10.1. The van der Waals surface area contributed by atoms with Crippen molar-refractivity contribution in [2.75, 3.05) is 6.61 Å². The van der Waals surface area contributed by atoms with Crippen LogP contribution in [0.5, 0.6) is 11.5 Å². The third-order valence-electron chi connectivity index (χ3n) is 2.63. The molecular weight excluding hydrogens is 244 g/mol. The molecular formula is C15H14O4. The van der Waals surface area contributed by atoms with E-state index in [0.717, 1.165) is 17.5 Å². The Kier molecular flexibility index (Phi) is 4.03. The Hall–Kier alpha value is -2.49. The predicted octanol–water partition coefficient (Wildman–Crippen LogP) is 2.45. The fourth-order valence-electron chi connectivity index (χ4n) is 1.70. The molecule has 0 atom stereocenters. The molecule has 0 fully saturated rings. The standard InChI is InChI=1S/C15H14O4/c16-13-5-1-11(2-6-13)9-12-3-7-14(8-4-12)19-10-15(17)18/h1-8,16H,9-10H2,(H,17,18). The summed E-state index contributed by atoms with van der Waals surface area (Å²) in [6.07, 6.45) is 0.749. The number of hydrogen-bond donors (Lipinski definition) is 2. The third-order valence-corrected chi connectivity index (χ3v) is 2.63. The first kappa shape index (κ1) is 13.0. The van der Waals surface area contributed by atoms with Crippen LogP contribution < -0.4 is 4.74 Å². The van der Waals surface area contributed by atoms with Crippen LogP contribution in [0.3, 0.4) is 0 Å². The van der Waals surface area contributed by atoms with Crippen molar-refractivity contribution in [3.8, 4) is 11.5 Å². The zero-order valence-electron chi connectivity index (χ0n) is 10.2. The van der Waals surface area contributed by atoms with Crippen LogP contribution in [0.1, 0.15) is 11.1 Å². The van der Waals surface area contributed by atoms with E-state index < -0.39 is 5.97 Å². The number of benzene rings is 2. The fraction of sp³-hybridized carbons (Fsp3) is 0.133. The van der Waals surface area contributed by atoms with Crippen molar-refractivity contribution in [3.63, 3.8) is 0 Å². The summed E-state index contributed by atoms with van der Waals surface area (Å²) in [6, 6.07) is 14.3. The summed E-state index contributed by atoms with van der Waals surface area (Å²) in [4.78, 5) is 10.4. The molecule has 0 amide bonds. The zero-order valence-corrected chi connectivity index (χ0v) is 10.2. The van der Waals surface area contributed by atoms with Crippen molar-refractivity contribution >= 4 is 5.97 Å². The van der Waals surface area contributed by atoms with E-state index in [2.05, 4.69) is 0 Å². The zero-order chi connectivity index (χ0) is 13.7. The predicted molar refractivity (Wildman–Crippen MR) is 70.5 cm³/mol. The summed E-state index contributed by atoms with van der Waals surface area (Å²) < 4.78 is 5.06. The molecule has 0 aliphatic heterocycles. The van der Waals surface area contributed by atoms with Gasteiger partial charge in [0.25, 0.3) is 0 Å². The highest BCUT2D eigenvalue weighted by atomic mass is 16.5. The van der Waals surface area contributed by atoms with Crippen LogP contribution in [0.2, 0.25) is 0 Å². The maximum Gasteiger partial charge on any atom is 0.341 e. The van der Waals surface area contributed by atoms with Crippen molar-refractivity contribution < 1.29 is 19.7 Å². The first-order valence-corrected chi connectivity index (χ1v) is 5.85. The average molecular weight is 258 g/mol. The van der Waals surface area contributed by atoms with E-state index >= 15 is 0 Å². The summed E-state index contributed by atoms with van der Waals surface area (Å²) in [5.74, 6) is -0.203. The molecule has 2 aromatic rings. The maximum absolute atomic E-state index is 10.4. The van der Waals surface area contributed by atoms with E-state index in [-0.39, 0.29) is 12.4 Å². The molecule has 0 unspecified atom stereocenters. The number of rotatable bonds is 5. The monoisotopic (exact) mass is 258 g/mol. The summed E-state index contributed by atoms with van der Waals surface area (Å²) in [5.41, 5.74) is 2.19. The average Bonchev–Trinajstić information content (AvgIpc) is 2.40. The van der Waals surface area contributed by atoms with Gasteiger partial charge >= 0.3 is 5.97 Å². The van der Waals surface area contributed by atoms with Crippen LogP contribution >= 0.6 is 0 Å². The van der Waals surface area contributed by atoms with Gasteiger partial charge in [0.2, 0.25) is 0 Å². The second-order valence-corrected chi connectivity index (χ2v) is 4.17. The van der Waals surface area contributed by atoms with E-state index in [1.807, 2.05) is 24.3 Å². The summed E-state index contributed by atoms with van der Waals surface area (Å²) in [7, 11) is 0. The molecule has 0 spiro atoms. The van der Waals surface area contributed by atoms with Crippen molar-refractivity contribution in [3.05, 3.63) is 59.7 Å². The van der Waals surface area contributed by atoms with Crippen LogP contribution in [0, 0.1) is 0 Å². The number of carbonyl (C=O) groups is 1. The molecule has 0 radical (unpaired) electrons. The van der Waals surface area contributed by atoms with E-state index in [9.17, 15) is 9.90 Å². The van der Waals surface area contributed by atoms with Crippen molar-refractivity contribution in [2.24, 2.45) is 0 Å². The summed E-state index contributed by atoms with van der Waals surface area (Å²) in [5, 5.41) is 17.7. The molecule has 0 heterocycles. The van der Waals surface area contributed by atoms with E-state index in [1.165, 1.54) is 0 Å². The topological polar surface area (TPSA) is 66.8 Å². The molecule has 0 saturated carbocycles. The third kappa shape index (κ3) is 4.03. The van der Waals surface area contributed by atoms with E-state index in [1.54, 1.807) is 24.3 Å². The minimum Gasteiger partial charge on any atom is -0.508 e. The molecule has 2 N–H and O–H groups in total. The van der Waals surface area contributed by atoms with E-state index in [4.69, 9.17) is 9.84 Å². The minimum absolute atomic E-state index is 0.251. The quantitative estimate of drug-likeness (QED) is 0.864. The molecule has 98 valence electrons. The number of hydrogen-bond acceptors (Lipinski definition) is 3. The molecule has 4 nitrogen and oxygen atoms in total. The lowest BCUT2D eigenvalue weighted by atomic mass is 10.0. The van der Waals surface area contributed by atoms with Crippen LogP contribution in [0.4, 0.5) is 0 Å². The highest BCUT2D eigenvalue weighted by molar-refractivity contribution is 5.68. The molecule has 4 heteroatoms. The van der Waals surface area contributed by atoms with Crippen molar-refractivity contribution in [2.45, 2.75) is 6.42 Å². The lowest BCUT2D eigenvalue weighted by Crippen LogP contribution is -2.09. The van der Waals surface area contributed by atoms with Crippen molar-refractivity contribution in [1.29, 1.82) is 0 Å². The smallest absolute Gasteiger partial charge is 0.341 e. The first-order chi connectivity index (χ1) is 9.13. The molecule has 0 bridgehead atoms. The Morgan fingerprint density at radius 1 is 0.947 bits per heavy atom. The lowest BCUT2D eigenvalue weighted by Gasteiger charge is -2.05. The van der Waals surface area contributed by atoms with Gasteiger partial charge in [0.05, 0.1) is 0 Å². The number of aliphatic carboxylic acids is 1. The number of phenolic OH excluding ortho intramolecular Hbond substituents is 1. The van der Waals surface area contributed by atoms with Gasteiger partial charge in [0.1, 0.15) is 11.5 Å². The molecule has 19 heavy (non-hydrogen) atoms. The lowest BCUT2D eigenvalue weighted by molar-refractivity contribution is -0.139. The number of aromatic hydroxyl groups is 1. The van der Waals surface area contributed by atoms with Crippen LogP contribution in [0.15, 0.2) is 48.5 Å². The van der Waals surface area contributed by atoms with E-state index in [0.29, 0.717) is 5.75 Å². The Morgan fingerprint density at radius 2 is 1.47 bits per heavy atom. The van der Waals surface area contributed by atoms with Gasteiger partial charge in [-0.05, 0) is 41.8 Å². The van der Waals surface area contributed by atoms with Crippen molar-refractivity contribution in [1.82, 2.24) is 0 Å². The highest BCUT2D eigenvalue weighted by Gasteiger charge is 2.00. The second kappa shape index (κ2) is 5.91. The first-order valence-electron chi connectivity index (χ1n) is 5.85.